The molecule has 0 amide bonds. The molecule has 4 heteroatoms. The highest BCUT2D eigenvalue weighted by Gasteiger charge is 2.17. The van der Waals surface area contributed by atoms with Gasteiger partial charge in [0.2, 0.25) is 0 Å². The minimum Gasteiger partial charge on any atom is -0.383 e. The third-order valence-corrected chi connectivity index (χ3v) is 3.76. The standard InChI is InChI=1S/C14H19N3S/c1-14(2,3)11-9-18-12(17-11)7-6-10-5-4-8-16-13(10)15/h4-5,8-9H,6-7H2,1-3H3,(H2,15,16). The molecule has 0 saturated heterocycles. The number of thiazole rings is 1. The molecule has 0 atom stereocenters. The van der Waals surface area contributed by atoms with E-state index < -0.39 is 0 Å². The Kier molecular flexibility index (Phi) is 3.66. The fourth-order valence-corrected chi connectivity index (χ4v) is 2.70. The van der Waals surface area contributed by atoms with Crippen LogP contribution < -0.4 is 5.73 Å². The minimum absolute atomic E-state index is 0.127. The summed E-state index contributed by atoms with van der Waals surface area (Å²) in [7, 11) is 0. The van der Waals surface area contributed by atoms with Crippen molar-refractivity contribution < 1.29 is 0 Å². The summed E-state index contributed by atoms with van der Waals surface area (Å²) in [6.07, 6.45) is 3.55. The molecule has 0 radical (unpaired) electrons. The molecule has 0 aromatic carbocycles. The van der Waals surface area contributed by atoms with Gasteiger partial charge in [-0.2, -0.15) is 0 Å². The summed E-state index contributed by atoms with van der Waals surface area (Å²) < 4.78 is 0. The summed E-state index contributed by atoms with van der Waals surface area (Å²) in [6.45, 7) is 6.56. The Labute approximate surface area is 112 Å². The predicted octanol–water partition coefficient (Wildman–Crippen LogP) is 3.20. The quantitative estimate of drug-likeness (QED) is 0.923. The van der Waals surface area contributed by atoms with Crippen LogP contribution in [0.5, 0.6) is 0 Å². The lowest BCUT2D eigenvalue weighted by Crippen LogP contribution is -2.11. The van der Waals surface area contributed by atoms with Crippen LogP contribution in [0.2, 0.25) is 0 Å². The summed E-state index contributed by atoms with van der Waals surface area (Å²) in [4.78, 5) is 8.78. The molecule has 0 aliphatic carbocycles. The molecule has 18 heavy (non-hydrogen) atoms. The van der Waals surface area contributed by atoms with Crippen LogP contribution in [0.25, 0.3) is 0 Å². The molecule has 0 aliphatic rings. The Morgan fingerprint density at radius 3 is 2.67 bits per heavy atom. The van der Waals surface area contributed by atoms with Gasteiger partial charge in [-0.1, -0.05) is 26.8 Å². The van der Waals surface area contributed by atoms with Crippen molar-refractivity contribution in [3.8, 4) is 0 Å². The summed E-state index contributed by atoms with van der Waals surface area (Å²) in [5.41, 5.74) is 8.23. The van der Waals surface area contributed by atoms with Crippen molar-refractivity contribution in [1.82, 2.24) is 9.97 Å². The zero-order chi connectivity index (χ0) is 13.2. The molecule has 0 saturated carbocycles. The van der Waals surface area contributed by atoms with E-state index in [1.807, 2.05) is 12.1 Å². The van der Waals surface area contributed by atoms with E-state index in [4.69, 9.17) is 5.73 Å². The molecule has 2 N–H and O–H groups in total. The van der Waals surface area contributed by atoms with E-state index in [2.05, 4.69) is 36.1 Å². The largest absolute Gasteiger partial charge is 0.383 e. The van der Waals surface area contributed by atoms with Crippen LogP contribution in [0.1, 0.15) is 37.0 Å². The number of nitrogens with zero attached hydrogens (tertiary/aromatic N) is 2. The first-order chi connectivity index (χ1) is 8.47. The smallest absolute Gasteiger partial charge is 0.126 e. The number of anilines is 1. The van der Waals surface area contributed by atoms with E-state index in [9.17, 15) is 0 Å². The highest BCUT2D eigenvalue weighted by Crippen LogP contribution is 2.24. The van der Waals surface area contributed by atoms with Crippen molar-refractivity contribution in [2.24, 2.45) is 0 Å². The Balaban J connectivity index is 2.03. The maximum atomic E-state index is 5.83. The average molecular weight is 261 g/mol. The maximum Gasteiger partial charge on any atom is 0.126 e. The van der Waals surface area contributed by atoms with E-state index >= 15 is 0 Å². The fourth-order valence-electron chi connectivity index (χ4n) is 1.67. The molecule has 0 aliphatic heterocycles. The number of aryl methyl sites for hydroxylation is 2. The van der Waals surface area contributed by atoms with Gasteiger partial charge in [0.05, 0.1) is 10.7 Å². The lowest BCUT2D eigenvalue weighted by molar-refractivity contribution is 0.570. The normalized spacial score (nSPS) is 11.7. The number of pyridine rings is 1. The minimum atomic E-state index is 0.127. The Morgan fingerprint density at radius 2 is 2.06 bits per heavy atom. The van der Waals surface area contributed by atoms with Gasteiger partial charge in [-0.3, -0.25) is 0 Å². The number of nitrogen functional groups attached to an aromatic ring is 1. The van der Waals surface area contributed by atoms with Crippen LogP contribution in [0.4, 0.5) is 5.82 Å². The lowest BCUT2D eigenvalue weighted by atomic mass is 9.93. The molecule has 2 heterocycles. The number of hydrogen-bond donors (Lipinski definition) is 1. The van der Waals surface area contributed by atoms with Crippen LogP contribution in [0, 0.1) is 0 Å². The zero-order valence-electron chi connectivity index (χ0n) is 11.1. The van der Waals surface area contributed by atoms with E-state index in [1.165, 1.54) is 10.7 Å². The van der Waals surface area contributed by atoms with Crippen LogP contribution >= 0.6 is 11.3 Å². The highest BCUT2D eigenvalue weighted by molar-refractivity contribution is 7.09. The number of hydrogen-bond acceptors (Lipinski definition) is 4. The fraction of sp³-hybridized carbons (Fsp3) is 0.429. The van der Waals surface area contributed by atoms with Gasteiger partial charge in [0, 0.05) is 23.4 Å². The number of aromatic nitrogens is 2. The van der Waals surface area contributed by atoms with Gasteiger partial charge >= 0.3 is 0 Å². The predicted molar refractivity (Wildman–Crippen MR) is 76.9 cm³/mol. The van der Waals surface area contributed by atoms with Gasteiger partial charge in [0.1, 0.15) is 5.82 Å². The molecule has 2 aromatic rings. The topological polar surface area (TPSA) is 51.8 Å². The second-order valence-corrected chi connectivity index (χ2v) is 6.37. The van der Waals surface area contributed by atoms with Gasteiger partial charge in [-0.15, -0.1) is 11.3 Å². The van der Waals surface area contributed by atoms with E-state index in [1.54, 1.807) is 17.5 Å². The molecule has 0 spiro atoms. The molecule has 2 rings (SSSR count). The van der Waals surface area contributed by atoms with Crippen molar-refractivity contribution in [3.05, 3.63) is 40.0 Å². The van der Waals surface area contributed by atoms with Gasteiger partial charge in [-0.25, -0.2) is 9.97 Å². The Bertz CT molecular complexity index is 526. The Hall–Kier alpha value is -1.42. The molecular formula is C14H19N3S. The number of rotatable bonds is 3. The highest BCUT2D eigenvalue weighted by atomic mass is 32.1. The van der Waals surface area contributed by atoms with Crippen molar-refractivity contribution in [1.29, 1.82) is 0 Å². The second kappa shape index (κ2) is 5.06. The van der Waals surface area contributed by atoms with Crippen LogP contribution in [0.15, 0.2) is 23.7 Å². The number of nitrogens with two attached hydrogens (primary N) is 1. The van der Waals surface area contributed by atoms with Crippen LogP contribution in [-0.4, -0.2) is 9.97 Å². The first kappa shape index (κ1) is 13.0. The third kappa shape index (κ3) is 3.07. The lowest BCUT2D eigenvalue weighted by Gasteiger charge is -2.14. The summed E-state index contributed by atoms with van der Waals surface area (Å²) >= 11 is 1.73. The third-order valence-electron chi connectivity index (χ3n) is 2.85. The summed E-state index contributed by atoms with van der Waals surface area (Å²) in [5.74, 6) is 0.630. The molecule has 0 fully saturated rings. The maximum absolute atomic E-state index is 5.83. The molecular weight excluding hydrogens is 242 g/mol. The first-order valence-electron chi connectivity index (χ1n) is 6.11. The summed E-state index contributed by atoms with van der Waals surface area (Å²) in [5, 5.41) is 3.32. The van der Waals surface area contributed by atoms with Crippen LogP contribution in [0.3, 0.4) is 0 Å². The monoisotopic (exact) mass is 261 g/mol. The molecule has 3 nitrogen and oxygen atoms in total. The van der Waals surface area contributed by atoms with E-state index in [-0.39, 0.29) is 5.41 Å². The molecule has 2 aromatic heterocycles. The van der Waals surface area contributed by atoms with Crippen molar-refractivity contribution in [2.45, 2.75) is 39.0 Å². The van der Waals surface area contributed by atoms with Crippen molar-refractivity contribution >= 4 is 17.2 Å². The average Bonchev–Trinajstić information content (AvgIpc) is 2.76. The Morgan fingerprint density at radius 1 is 1.28 bits per heavy atom. The first-order valence-corrected chi connectivity index (χ1v) is 6.99. The van der Waals surface area contributed by atoms with Crippen molar-refractivity contribution in [3.63, 3.8) is 0 Å². The van der Waals surface area contributed by atoms with Gasteiger partial charge in [-0.05, 0) is 18.1 Å². The molecule has 96 valence electrons. The van der Waals surface area contributed by atoms with Gasteiger partial charge in [0.25, 0.3) is 0 Å². The van der Waals surface area contributed by atoms with E-state index in [0.29, 0.717) is 5.82 Å². The van der Waals surface area contributed by atoms with Gasteiger partial charge < -0.3 is 5.73 Å². The van der Waals surface area contributed by atoms with Crippen LogP contribution in [-0.2, 0) is 18.3 Å². The van der Waals surface area contributed by atoms with Gasteiger partial charge in [0.15, 0.2) is 0 Å². The summed E-state index contributed by atoms with van der Waals surface area (Å²) in [6, 6.07) is 3.95. The van der Waals surface area contributed by atoms with Crippen molar-refractivity contribution in [2.75, 3.05) is 5.73 Å². The zero-order valence-corrected chi connectivity index (χ0v) is 11.9. The molecule has 0 unspecified atom stereocenters. The second-order valence-electron chi connectivity index (χ2n) is 5.42. The van der Waals surface area contributed by atoms with E-state index in [0.717, 1.165) is 18.4 Å². The SMILES string of the molecule is CC(C)(C)c1csc(CCc2cccnc2N)n1. The molecule has 0 bridgehead atoms.